The van der Waals surface area contributed by atoms with Gasteiger partial charge in [0.15, 0.2) is 0 Å². The van der Waals surface area contributed by atoms with Gasteiger partial charge in [-0.25, -0.2) is 0 Å². The maximum atomic E-state index is 8.23. The van der Waals surface area contributed by atoms with E-state index in [0.717, 1.165) is 32.9 Å². The van der Waals surface area contributed by atoms with Crippen LogP contribution >= 0.6 is 66.6 Å². The number of methoxy groups -OCH3 is 1. The van der Waals surface area contributed by atoms with Crippen LogP contribution < -0.4 is 119 Å². The Hall–Kier alpha value is 1.84. The van der Waals surface area contributed by atoms with Crippen LogP contribution in [0.15, 0.2) is 87.8 Å². The van der Waals surface area contributed by atoms with E-state index in [-0.39, 0.29) is 161 Å². The number of nitrogens with one attached hydrogen (secondary N) is 4. The minimum atomic E-state index is 0. The molecule has 0 fully saturated rings. The second-order valence-corrected chi connectivity index (χ2v) is 12.2. The van der Waals surface area contributed by atoms with E-state index in [1.807, 2.05) is 66.7 Å². The van der Waals surface area contributed by atoms with Gasteiger partial charge in [0.2, 0.25) is 5.90 Å². The van der Waals surface area contributed by atoms with Crippen LogP contribution in [0.2, 0.25) is 0 Å². The van der Waals surface area contributed by atoms with Gasteiger partial charge in [-0.2, -0.15) is 0 Å². The Bertz CT molecular complexity index is 1210. The zero-order valence-electron chi connectivity index (χ0n) is 30.1. The normalized spacial score (nSPS) is 11.1. The summed E-state index contributed by atoms with van der Waals surface area (Å²) in [6.45, 7) is 11.8. The number of nitrogens with two attached hydrogens (primary N) is 1. The molecule has 8 nitrogen and oxygen atoms in total. The Morgan fingerprint density at radius 2 is 1.22 bits per heavy atom. The molecular formula is C34H54Br2Cl2K2N5O3P. The Kier molecular flexibility index (Phi) is 48.9. The van der Waals surface area contributed by atoms with E-state index in [4.69, 9.17) is 26.1 Å². The fourth-order valence-electron chi connectivity index (χ4n) is 4.05. The van der Waals surface area contributed by atoms with Crippen LogP contribution in [0.5, 0.6) is 0 Å². The van der Waals surface area contributed by atoms with Crippen molar-refractivity contribution in [2.75, 3.05) is 13.7 Å². The Balaban J connectivity index is -0.000000157. The van der Waals surface area contributed by atoms with Gasteiger partial charge in [0.05, 0.1) is 25.5 Å². The molecule has 268 valence electrons. The standard InChI is InChI=1S/C20H25BrN2O.C8H8BrNO.C6H16N2.2ClH.2K.H2O.H2P/c1-3-20(15(2)24-14-16-7-5-4-6-8-16)23-13-19(22)17-9-11-18(21)12-10-17;1-11-8(10)6-2-4-7(9)5-3-6;1-4-6(8-7)5(2)3;;;;;;/h4-12,15,20,22-23H,3,13-14H2,1-2H3;2-5,10H,1H3;5-6,8H,4,7H2,1-3H3;2*1H;;;2*1H2/q;;;;;2*+1;;-1/p-1/t15-,20-;;6-;;;;;;/m0.0....../s1. The second-order valence-electron chi connectivity index (χ2n) is 10.3. The largest absolute Gasteiger partial charge is 1.00 e. The molecule has 0 spiro atoms. The molecule has 0 radical (unpaired) electrons. The van der Waals surface area contributed by atoms with E-state index in [2.05, 4.69) is 89.4 Å². The van der Waals surface area contributed by atoms with Crippen molar-refractivity contribution < 1.29 is 118 Å². The third-order valence-corrected chi connectivity index (χ3v) is 7.92. The first-order chi connectivity index (χ1) is 20.6. The molecule has 3 rings (SSSR count). The molecule has 0 saturated carbocycles. The van der Waals surface area contributed by atoms with Gasteiger partial charge in [-0.15, -0.1) is 24.8 Å². The summed E-state index contributed by atoms with van der Waals surface area (Å²) in [6, 6.07) is 26.2. The molecule has 0 aromatic heterocycles. The van der Waals surface area contributed by atoms with Gasteiger partial charge in [-0.1, -0.05) is 102 Å². The van der Waals surface area contributed by atoms with E-state index in [1.165, 1.54) is 12.7 Å². The zero-order chi connectivity index (χ0) is 32.2. The molecule has 0 unspecified atom stereocenters. The molecule has 0 bridgehead atoms. The maximum Gasteiger partial charge on any atom is 1.00 e. The smallest absolute Gasteiger partial charge is 0.870 e. The average molecular weight is 921 g/mol. The Morgan fingerprint density at radius 1 is 0.776 bits per heavy atom. The van der Waals surface area contributed by atoms with Gasteiger partial charge in [0.1, 0.15) is 0 Å². The number of ether oxygens (including phenoxy) is 2. The minimum Gasteiger partial charge on any atom is -0.870 e. The van der Waals surface area contributed by atoms with Crippen LogP contribution in [-0.2, 0) is 16.1 Å². The SMILES string of the molecule is CC[C@H](NCC(=N)c1ccc(Br)cc1)[C@H](C)OCc1ccccc1.CC[C@H](NN)C(C)C.COC(=N)c1ccc(Br)cc1.Cl.Cl.[K+].[K+].[OH-].[PH2-]. The third-order valence-electron chi connectivity index (χ3n) is 6.87. The second kappa shape index (κ2) is 38.1. The number of halogens is 4. The van der Waals surface area contributed by atoms with Crippen LogP contribution in [-0.4, -0.2) is 48.9 Å². The van der Waals surface area contributed by atoms with E-state index >= 15 is 0 Å². The molecule has 7 N–H and O–H groups in total. The van der Waals surface area contributed by atoms with Crippen LogP contribution in [0.4, 0.5) is 0 Å². The van der Waals surface area contributed by atoms with Gasteiger partial charge in [0.25, 0.3) is 0 Å². The van der Waals surface area contributed by atoms with Crippen LogP contribution in [0.3, 0.4) is 0 Å². The minimum absolute atomic E-state index is 0. The summed E-state index contributed by atoms with van der Waals surface area (Å²) in [6.07, 6.45) is 2.16. The number of hydrogen-bond donors (Lipinski definition) is 5. The quantitative estimate of drug-likeness (QED) is 0.0446. The molecule has 15 heteroatoms. The van der Waals surface area contributed by atoms with E-state index in [9.17, 15) is 0 Å². The summed E-state index contributed by atoms with van der Waals surface area (Å²) in [4.78, 5) is 0. The van der Waals surface area contributed by atoms with Crippen molar-refractivity contribution >= 4 is 78.2 Å². The summed E-state index contributed by atoms with van der Waals surface area (Å²) >= 11 is 6.73. The fraction of sp³-hybridized carbons (Fsp3) is 0.412. The summed E-state index contributed by atoms with van der Waals surface area (Å²) in [5.74, 6) is 6.07. The molecule has 3 atom stereocenters. The van der Waals surface area contributed by atoms with Crippen molar-refractivity contribution in [3.05, 3.63) is 104 Å². The molecule has 0 saturated heterocycles. The number of rotatable bonds is 13. The van der Waals surface area contributed by atoms with Crippen LogP contribution in [0.1, 0.15) is 64.2 Å². The third kappa shape index (κ3) is 28.0. The zero-order valence-corrected chi connectivity index (χ0v) is 42.3. The first-order valence-electron chi connectivity index (χ1n) is 14.6. The van der Waals surface area contributed by atoms with Crippen molar-refractivity contribution in [1.29, 1.82) is 10.8 Å². The molecule has 0 aliphatic heterocycles. The van der Waals surface area contributed by atoms with Crippen molar-refractivity contribution in [3.63, 3.8) is 0 Å². The van der Waals surface area contributed by atoms with E-state index < -0.39 is 0 Å². The monoisotopic (exact) mass is 917 g/mol. The average Bonchev–Trinajstić information content (AvgIpc) is 3.02. The van der Waals surface area contributed by atoms with Crippen molar-refractivity contribution in [1.82, 2.24) is 10.7 Å². The molecular weight excluding hydrogens is 866 g/mol. The molecule has 0 aliphatic rings. The molecule has 3 aromatic carbocycles. The van der Waals surface area contributed by atoms with Gasteiger partial charge < -0.3 is 35.6 Å². The van der Waals surface area contributed by atoms with Gasteiger partial charge in [0, 0.05) is 33.1 Å². The van der Waals surface area contributed by atoms with Crippen molar-refractivity contribution in [2.45, 2.75) is 72.3 Å². The molecule has 0 heterocycles. The van der Waals surface area contributed by atoms with E-state index in [1.54, 1.807) is 0 Å². The maximum absolute atomic E-state index is 8.23. The van der Waals surface area contributed by atoms with Gasteiger partial charge >= 0.3 is 103 Å². The number of hydrogen-bond acceptors (Lipinski definition) is 8. The van der Waals surface area contributed by atoms with Crippen molar-refractivity contribution in [2.24, 2.45) is 11.8 Å². The first kappa shape index (κ1) is 62.8. The Labute approximate surface area is 413 Å². The van der Waals surface area contributed by atoms with Crippen LogP contribution in [0, 0.1) is 16.7 Å². The number of hydrazine groups is 1. The van der Waals surface area contributed by atoms with Crippen molar-refractivity contribution in [3.8, 4) is 0 Å². The Morgan fingerprint density at radius 3 is 1.59 bits per heavy atom. The predicted octanol–water partition coefficient (Wildman–Crippen LogP) is 3.10. The summed E-state index contributed by atoms with van der Waals surface area (Å²) < 4.78 is 12.8. The van der Waals surface area contributed by atoms with E-state index in [0.29, 0.717) is 30.8 Å². The number of benzene rings is 3. The van der Waals surface area contributed by atoms with Crippen LogP contribution in [0.25, 0.3) is 0 Å². The fourth-order valence-corrected chi connectivity index (χ4v) is 4.58. The predicted molar refractivity (Wildman–Crippen MR) is 214 cm³/mol. The topological polar surface area (TPSA) is 146 Å². The van der Waals surface area contributed by atoms with Gasteiger partial charge in [-0.05, 0) is 73.2 Å². The van der Waals surface area contributed by atoms with Gasteiger partial charge in [-0.3, -0.25) is 16.7 Å². The summed E-state index contributed by atoms with van der Waals surface area (Å²) in [5, 5.41) is 19.0. The molecule has 49 heavy (non-hydrogen) atoms. The molecule has 3 aromatic rings. The first-order valence-corrected chi connectivity index (χ1v) is 16.2. The molecule has 0 amide bonds. The summed E-state index contributed by atoms with van der Waals surface area (Å²) in [5.41, 5.74) is 6.26. The summed E-state index contributed by atoms with van der Waals surface area (Å²) in [7, 11) is 1.49. The molecule has 0 aliphatic carbocycles.